The number of ether oxygens (including phenoxy) is 1. The average molecular weight is 380 g/mol. The minimum absolute atomic E-state index is 0.736. The van der Waals surface area contributed by atoms with Crippen LogP contribution in [0.5, 0.6) is 0 Å². The maximum Gasteiger partial charge on any atom is 0.227 e. The van der Waals surface area contributed by atoms with Crippen LogP contribution in [0.3, 0.4) is 0 Å². The molecule has 2 fully saturated rings. The predicted octanol–water partition coefficient (Wildman–Crippen LogP) is 0.991. The standard InChI is InChI=1S/C19H24N8O/c1-15-14-18(23-19(21-15)26-10-12-28-13-11-26)25-8-6-24(7-9-25)16-3-5-27-17(22-16)2-4-20-27/h2-5,14H,6-13H2,1H3. The molecule has 0 unspecified atom stereocenters. The third-order valence-electron chi connectivity index (χ3n) is 5.29. The first-order chi connectivity index (χ1) is 13.8. The summed E-state index contributed by atoms with van der Waals surface area (Å²) in [5.41, 5.74) is 1.88. The largest absolute Gasteiger partial charge is 0.378 e. The second kappa shape index (κ2) is 7.23. The van der Waals surface area contributed by atoms with Gasteiger partial charge in [0.15, 0.2) is 5.65 Å². The molecule has 146 valence electrons. The molecular formula is C19H24N8O. The Morgan fingerprint density at radius 2 is 1.57 bits per heavy atom. The van der Waals surface area contributed by atoms with Crippen LogP contribution in [0.1, 0.15) is 5.69 Å². The molecule has 0 N–H and O–H groups in total. The van der Waals surface area contributed by atoms with Crippen LogP contribution in [-0.4, -0.2) is 77.0 Å². The van der Waals surface area contributed by atoms with Gasteiger partial charge in [-0.1, -0.05) is 0 Å². The van der Waals surface area contributed by atoms with Gasteiger partial charge in [0.05, 0.1) is 19.4 Å². The van der Waals surface area contributed by atoms with Crippen molar-refractivity contribution in [3.8, 4) is 0 Å². The molecule has 28 heavy (non-hydrogen) atoms. The van der Waals surface area contributed by atoms with Gasteiger partial charge in [-0.3, -0.25) is 0 Å². The number of hydrogen-bond acceptors (Lipinski definition) is 8. The van der Waals surface area contributed by atoms with Gasteiger partial charge in [-0.2, -0.15) is 10.1 Å². The van der Waals surface area contributed by atoms with Gasteiger partial charge in [0.25, 0.3) is 0 Å². The van der Waals surface area contributed by atoms with Gasteiger partial charge in [0.2, 0.25) is 5.95 Å². The summed E-state index contributed by atoms with van der Waals surface area (Å²) in [4.78, 5) is 21.1. The number of aromatic nitrogens is 5. The predicted molar refractivity (Wildman–Crippen MR) is 107 cm³/mol. The molecule has 5 rings (SSSR count). The number of fused-ring (bicyclic) bond motifs is 1. The molecule has 0 aromatic carbocycles. The van der Waals surface area contributed by atoms with Crippen LogP contribution in [0.15, 0.2) is 30.6 Å². The van der Waals surface area contributed by atoms with Gasteiger partial charge in [-0.05, 0) is 13.0 Å². The highest BCUT2D eigenvalue weighted by Gasteiger charge is 2.22. The number of morpholine rings is 1. The molecule has 3 aromatic rings. The smallest absolute Gasteiger partial charge is 0.227 e. The monoisotopic (exact) mass is 380 g/mol. The van der Waals surface area contributed by atoms with E-state index in [-0.39, 0.29) is 0 Å². The van der Waals surface area contributed by atoms with Crippen molar-refractivity contribution in [2.75, 3.05) is 67.2 Å². The summed E-state index contributed by atoms with van der Waals surface area (Å²) < 4.78 is 7.24. The summed E-state index contributed by atoms with van der Waals surface area (Å²) in [5, 5.41) is 4.21. The lowest BCUT2D eigenvalue weighted by atomic mass is 10.3. The lowest BCUT2D eigenvalue weighted by Gasteiger charge is -2.36. The molecule has 0 spiro atoms. The highest BCUT2D eigenvalue weighted by atomic mass is 16.5. The molecule has 0 amide bonds. The molecule has 3 aromatic heterocycles. The van der Waals surface area contributed by atoms with E-state index < -0.39 is 0 Å². The second-order valence-corrected chi connectivity index (χ2v) is 7.16. The van der Waals surface area contributed by atoms with E-state index in [0.717, 1.165) is 81.4 Å². The molecule has 2 aliphatic rings. The zero-order valence-corrected chi connectivity index (χ0v) is 16.0. The van der Waals surface area contributed by atoms with Crippen LogP contribution < -0.4 is 14.7 Å². The Hall–Kier alpha value is -2.94. The molecule has 9 heteroatoms. The Morgan fingerprint density at radius 1 is 0.821 bits per heavy atom. The van der Waals surface area contributed by atoms with Gasteiger partial charge in [0.1, 0.15) is 11.6 Å². The van der Waals surface area contributed by atoms with Crippen LogP contribution >= 0.6 is 0 Å². The van der Waals surface area contributed by atoms with E-state index in [1.165, 1.54) is 0 Å². The maximum atomic E-state index is 5.45. The summed E-state index contributed by atoms with van der Waals surface area (Å²) in [5.74, 6) is 2.82. The van der Waals surface area contributed by atoms with E-state index in [1.807, 2.05) is 25.3 Å². The maximum absolute atomic E-state index is 5.45. The zero-order chi connectivity index (χ0) is 18.9. The van der Waals surface area contributed by atoms with E-state index in [1.54, 1.807) is 10.7 Å². The van der Waals surface area contributed by atoms with Gasteiger partial charge in [-0.25, -0.2) is 14.5 Å². The first-order valence-electron chi connectivity index (χ1n) is 9.75. The van der Waals surface area contributed by atoms with Crippen molar-refractivity contribution < 1.29 is 4.74 Å². The average Bonchev–Trinajstić information content (AvgIpc) is 3.22. The molecule has 0 saturated carbocycles. The first kappa shape index (κ1) is 17.2. The lowest BCUT2D eigenvalue weighted by molar-refractivity contribution is 0.122. The van der Waals surface area contributed by atoms with Gasteiger partial charge in [0, 0.05) is 63.3 Å². The molecule has 2 saturated heterocycles. The van der Waals surface area contributed by atoms with Crippen molar-refractivity contribution in [1.29, 1.82) is 0 Å². The quantitative estimate of drug-likeness (QED) is 0.666. The summed E-state index contributed by atoms with van der Waals surface area (Å²) >= 11 is 0. The minimum Gasteiger partial charge on any atom is -0.378 e. The molecule has 0 atom stereocenters. The molecule has 2 aliphatic heterocycles. The van der Waals surface area contributed by atoms with Crippen LogP contribution in [0.2, 0.25) is 0 Å². The highest BCUT2D eigenvalue weighted by molar-refractivity contribution is 5.51. The van der Waals surface area contributed by atoms with Gasteiger partial charge < -0.3 is 19.4 Å². The summed E-state index contributed by atoms with van der Waals surface area (Å²) in [6.45, 7) is 8.84. The minimum atomic E-state index is 0.736. The number of nitrogens with zero attached hydrogens (tertiary/aromatic N) is 8. The molecular weight excluding hydrogens is 356 g/mol. The van der Waals surface area contributed by atoms with Crippen LogP contribution in [-0.2, 0) is 4.74 Å². The van der Waals surface area contributed by atoms with Gasteiger partial charge in [-0.15, -0.1) is 0 Å². The van der Waals surface area contributed by atoms with Gasteiger partial charge >= 0.3 is 0 Å². The van der Waals surface area contributed by atoms with E-state index in [9.17, 15) is 0 Å². The fraction of sp³-hybridized carbons (Fsp3) is 0.474. The molecule has 0 bridgehead atoms. The Bertz CT molecular complexity index is 959. The number of rotatable bonds is 3. The fourth-order valence-electron chi connectivity index (χ4n) is 3.75. The molecule has 9 nitrogen and oxygen atoms in total. The van der Waals surface area contributed by atoms with Crippen molar-refractivity contribution in [2.24, 2.45) is 0 Å². The number of hydrogen-bond donors (Lipinski definition) is 0. The summed E-state index contributed by atoms with van der Waals surface area (Å²) in [6, 6.07) is 6.04. The van der Waals surface area contributed by atoms with Crippen LogP contribution in [0.25, 0.3) is 5.65 Å². The molecule has 0 aliphatic carbocycles. The highest BCUT2D eigenvalue weighted by Crippen LogP contribution is 2.21. The van der Waals surface area contributed by atoms with Crippen LogP contribution in [0, 0.1) is 6.92 Å². The van der Waals surface area contributed by atoms with E-state index >= 15 is 0 Å². The summed E-state index contributed by atoms with van der Waals surface area (Å²) in [6.07, 6.45) is 3.74. The lowest BCUT2D eigenvalue weighted by Crippen LogP contribution is -2.47. The van der Waals surface area contributed by atoms with Crippen molar-refractivity contribution in [3.63, 3.8) is 0 Å². The molecule has 5 heterocycles. The number of anilines is 3. The molecule has 0 radical (unpaired) electrons. The van der Waals surface area contributed by atoms with Crippen molar-refractivity contribution in [3.05, 3.63) is 36.3 Å². The Kier molecular flexibility index (Phi) is 4.44. The Morgan fingerprint density at radius 3 is 2.36 bits per heavy atom. The van der Waals surface area contributed by atoms with Crippen LogP contribution in [0.4, 0.5) is 17.6 Å². The Labute approximate surface area is 163 Å². The van der Waals surface area contributed by atoms with E-state index in [2.05, 4.69) is 30.8 Å². The van der Waals surface area contributed by atoms with E-state index in [0.29, 0.717) is 0 Å². The third kappa shape index (κ3) is 3.33. The normalized spacial score (nSPS) is 18.1. The summed E-state index contributed by atoms with van der Waals surface area (Å²) in [7, 11) is 0. The second-order valence-electron chi connectivity index (χ2n) is 7.16. The third-order valence-corrected chi connectivity index (χ3v) is 5.29. The number of piperazine rings is 1. The first-order valence-corrected chi connectivity index (χ1v) is 9.75. The topological polar surface area (TPSA) is 74.9 Å². The van der Waals surface area contributed by atoms with E-state index in [4.69, 9.17) is 14.7 Å². The van der Waals surface area contributed by atoms with Crippen molar-refractivity contribution in [2.45, 2.75) is 6.92 Å². The SMILES string of the molecule is Cc1cc(N2CCN(c3ccn4nccc4n3)CC2)nc(N2CCOCC2)n1. The number of aryl methyl sites for hydroxylation is 1. The Balaban J connectivity index is 1.30. The van der Waals surface area contributed by atoms with Crippen molar-refractivity contribution in [1.82, 2.24) is 24.6 Å². The zero-order valence-electron chi connectivity index (χ0n) is 16.0. The van der Waals surface area contributed by atoms with Crippen molar-refractivity contribution >= 4 is 23.2 Å². The fourth-order valence-corrected chi connectivity index (χ4v) is 3.75.